The molecule has 2 atom stereocenters. The number of halogens is 3. The summed E-state index contributed by atoms with van der Waals surface area (Å²) >= 11 is 0. The average molecular weight is 591 g/mol. The van der Waals surface area contributed by atoms with Crippen molar-refractivity contribution >= 4 is 11.8 Å². The number of pyridine rings is 1. The molecule has 2 aliphatic heterocycles. The highest BCUT2D eigenvalue weighted by Crippen LogP contribution is 2.37. The van der Waals surface area contributed by atoms with E-state index < -0.39 is 24.3 Å². The van der Waals surface area contributed by atoms with Crippen molar-refractivity contribution in [3.63, 3.8) is 0 Å². The van der Waals surface area contributed by atoms with Gasteiger partial charge in [0.1, 0.15) is 11.9 Å². The Labute approximate surface area is 247 Å². The second-order valence-electron chi connectivity index (χ2n) is 11.8. The van der Waals surface area contributed by atoms with Crippen molar-refractivity contribution in [2.75, 3.05) is 45.2 Å². The normalized spacial score (nSPS) is 18.0. The molecule has 1 unspecified atom stereocenters. The van der Waals surface area contributed by atoms with E-state index in [0.717, 1.165) is 56.6 Å². The molecule has 0 aliphatic carbocycles. The van der Waals surface area contributed by atoms with Gasteiger partial charge in [0.2, 0.25) is 6.43 Å². The summed E-state index contributed by atoms with van der Waals surface area (Å²) in [5, 5.41) is 13.6. The van der Waals surface area contributed by atoms with Crippen LogP contribution in [0.1, 0.15) is 86.7 Å². The fourth-order valence-electron chi connectivity index (χ4n) is 6.22. The maximum atomic E-state index is 14.9. The fraction of sp³-hybridized carbons (Fsp3) is 0.625. The van der Waals surface area contributed by atoms with Crippen LogP contribution in [0.3, 0.4) is 0 Å². The minimum Gasteiger partial charge on any atom is -0.493 e. The lowest BCUT2D eigenvalue weighted by atomic mass is 9.95. The molecule has 1 aromatic carbocycles. The number of benzene rings is 1. The van der Waals surface area contributed by atoms with E-state index in [0.29, 0.717) is 37.2 Å². The first-order valence-electron chi connectivity index (χ1n) is 15.3. The molecule has 0 radical (unpaired) electrons. The van der Waals surface area contributed by atoms with Gasteiger partial charge in [0, 0.05) is 49.9 Å². The van der Waals surface area contributed by atoms with E-state index in [1.54, 1.807) is 6.07 Å². The van der Waals surface area contributed by atoms with Gasteiger partial charge >= 0.3 is 5.97 Å². The van der Waals surface area contributed by atoms with Gasteiger partial charge in [-0.2, -0.15) is 0 Å². The second-order valence-corrected chi connectivity index (χ2v) is 11.8. The molecule has 1 saturated heterocycles. The molecule has 2 N–H and O–H groups in total. The summed E-state index contributed by atoms with van der Waals surface area (Å²) in [5.41, 5.74) is 3.33. The van der Waals surface area contributed by atoms with E-state index in [1.807, 2.05) is 18.7 Å². The number of hydrogen-bond acceptors (Lipinski definition) is 6. The number of carboxylic acids is 1. The highest BCUT2D eigenvalue weighted by Gasteiger charge is 2.38. The first-order chi connectivity index (χ1) is 20.2. The minimum absolute atomic E-state index is 0.00876. The SMILES string of the molecule is COc1c(F)cc(C(C)C)cc1C(C(=O)O)N1CC[C@H](N(CCCCCc2ccc3c(n2)NCCC3)CCC(F)F)C1. The van der Waals surface area contributed by atoms with Crippen LogP contribution in [-0.4, -0.2) is 78.2 Å². The number of hydrogen-bond donors (Lipinski definition) is 2. The topological polar surface area (TPSA) is 77.9 Å². The third-order valence-electron chi connectivity index (χ3n) is 8.53. The molecule has 0 spiro atoms. The number of nitrogens with zero attached hydrogens (tertiary/aromatic N) is 3. The molecular formula is C32H45F3N4O3. The van der Waals surface area contributed by atoms with Gasteiger partial charge in [-0.3, -0.25) is 14.6 Å². The Morgan fingerprint density at radius 1 is 1.21 bits per heavy atom. The second kappa shape index (κ2) is 15.0. The number of carboxylic acid groups (broad SMARTS) is 1. The summed E-state index contributed by atoms with van der Waals surface area (Å²) in [6.45, 7) is 6.61. The molecule has 1 aromatic heterocycles. The number of anilines is 1. The van der Waals surface area contributed by atoms with Gasteiger partial charge in [-0.25, -0.2) is 18.2 Å². The summed E-state index contributed by atoms with van der Waals surface area (Å²) in [6, 6.07) is 6.24. The molecule has 2 aromatic rings. The van der Waals surface area contributed by atoms with Crippen LogP contribution < -0.4 is 10.1 Å². The van der Waals surface area contributed by atoms with Crippen LogP contribution in [0.15, 0.2) is 24.3 Å². The lowest BCUT2D eigenvalue weighted by Gasteiger charge is -2.31. The van der Waals surface area contributed by atoms with Crippen LogP contribution in [0.4, 0.5) is 19.0 Å². The lowest BCUT2D eigenvalue weighted by Crippen LogP contribution is -2.41. The van der Waals surface area contributed by atoms with E-state index in [-0.39, 0.29) is 30.7 Å². The number of ether oxygens (including phenoxy) is 1. The molecule has 0 amide bonds. The summed E-state index contributed by atoms with van der Waals surface area (Å²) in [7, 11) is 1.34. The van der Waals surface area contributed by atoms with Crippen molar-refractivity contribution < 1.29 is 27.8 Å². The molecule has 232 valence electrons. The third kappa shape index (κ3) is 8.16. The van der Waals surface area contributed by atoms with E-state index >= 15 is 0 Å². The molecule has 0 bridgehead atoms. The zero-order valence-electron chi connectivity index (χ0n) is 25.1. The number of unbranched alkanes of at least 4 members (excludes halogenated alkanes) is 2. The number of likely N-dealkylation sites (tertiary alicyclic amines) is 1. The Kier molecular flexibility index (Phi) is 11.5. The predicted molar refractivity (Wildman–Crippen MR) is 158 cm³/mol. The number of carbonyl (C=O) groups is 1. The molecule has 42 heavy (non-hydrogen) atoms. The molecule has 1 fully saturated rings. The largest absolute Gasteiger partial charge is 0.493 e. The maximum Gasteiger partial charge on any atom is 0.325 e. The van der Waals surface area contributed by atoms with Gasteiger partial charge in [0.05, 0.1) is 7.11 Å². The Bertz CT molecular complexity index is 1200. The van der Waals surface area contributed by atoms with Crippen LogP contribution in [0, 0.1) is 5.82 Å². The number of methoxy groups -OCH3 is 1. The Balaban J connectivity index is 1.38. The predicted octanol–water partition coefficient (Wildman–Crippen LogP) is 6.28. The number of alkyl halides is 2. The molecule has 7 nitrogen and oxygen atoms in total. The molecule has 10 heteroatoms. The van der Waals surface area contributed by atoms with Crippen LogP contribution in [0.25, 0.3) is 0 Å². The first kappa shape index (κ1) is 32.1. The highest BCUT2D eigenvalue weighted by atomic mass is 19.3. The number of aryl methyl sites for hydroxylation is 2. The number of aromatic nitrogens is 1. The number of rotatable bonds is 15. The van der Waals surface area contributed by atoms with Crippen LogP contribution in [0.5, 0.6) is 5.75 Å². The van der Waals surface area contributed by atoms with Crippen molar-refractivity contribution in [2.24, 2.45) is 0 Å². The van der Waals surface area contributed by atoms with Crippen molar-refractivity contribution in [3.8, 4) is 5.75 Å². The van der Waals surface area contributed by atoms with Crippen molar-refractivity contribution in [2.45, 2.75) is 89.6 Å². The Morgan fingerprint density at radius 3 is 2.74 bits per heavy atom. The third-order valence-corrected chi connectivity index (χ3v) is 8.53. The summed E-state index contributed by atoms with van der Waals surface area (Å²) in [5.74, 6) is -0.720. The summed E-state index contributed by atoms with van der Waals surface area (Å²) < 4.78 is 46.7. The number of aliphatic carboxylic acids is 1. The number of nitrogens with one attached hydrogen (secondary N) is 1. The average Bonchev–Trinajstić information content (AvgIpc) is 3.43. The van der Waals surface area contributed by atoms with Gasteiger partial charge in [0.25, 0.3) is 0 Å². The first-order valence-corrected chi connectivity index (χ1v) is 15.3. The van der Waals surface area contributed by atoms with E-state index in [9.17, 15) is 23.1 Å². The van der Waals surface area contributed by atoms with E-state index in [1.165, 1.54) is 18.7 Å². The van der Waals surface area contributed by atoms with Crippen molar-refractivity contribution in [3.05, 3.63) is 52.5 Å². The van der Waals surface area contributed by atoms with Crippen molar-refractivity contribution in [1.29, 1.82) is 0 Å². The quantitative estimate of drug-likeness (QED) is 0.237. The summed E-state index contributed by atoms with van der Waals surface area (Å²) in [4.78, 5) is 21.2. The van der Waals surface area contributed by atoms with E-state index in [4.69, 9.17) is 9.72 Å². The molecule has 3 heterocycles. The summed E-state index contributed by atoms with van der Waals surface area (Å²) in [6.07, 6.45) is 3.88. The number of fused-ring (bicyclic) bond motifs is 1. The smallest absolute Gasteiger partial charge is 0.325 e. The Morgan fingerprint density at radius 2 is 2.02 bits per heavy atom. The lowest BCUT2D eigenvalue weighted by molar-refractivity contribution is -0.143. The zero-order chi connectivity index (χ0) is 30.2. The van der Waals surface area contributed by atoms with Crippen LogP contribution in [-0.2, 0) is 17.6 Å². The van der Waals surface area contributed by atoms with Gasteiger partial charge in [-0.05, 0) is 80.3 Å². The monoisotopic (exact) mass is 590 g/mol. The van der Waals surface area contributed by atoms with Gasteiger partial charge in [0.15, 0.2) is 11.6 Å². The van der Waals surface area contributed by atoms with Gasteiger partial charge < -0.3 is 15.2 Å². The fourth-order valence-corrected chi connectivity index (χ4v) is 6.22. The molecule has 0 saturated carbocycles. The maximum absolute atomic E-state index is 14.9. The molecule has 4 rings (SSSR count). The molecule has 2 aliphatic rings. The molecular weight excluding hydrogens is 545 g/mol. The van der Waals surface area contributed by atoms with Crippen LogP contribution >= 0.6 is 0 Å². The standard InChI is InChI=1S/C32H45F3N4O3/c1-21(2)23-18-26(30(42-3)27(33)19-23)29(32(40)41)39-16-12-25(20-39)38(17-13-28(34)35)15-6-4-5-9-24-11-10-22-8-7-14-36-31(22)37-24/h10-11,18-19,21,25,28-29H,4-9,12-17,20H2,1-3H3,(H,36,37)(H,40,41)/t25-,29?/m0/s1. The van der Waals surface area contributed by atoms with Gasteiger partial charge in [-0.1, -0.05) is 26.3 Å². The van der Waals surface area contributed by atoms with Crippen molar-refractivity contribution in [1.82, 2.24) is 14.8 Å². The highest BCUT2D eigenvalue weighted by molar-refractivity contribution is 5.77. The van der Waals surface area contributed by atoms with Gasteiger partial charge in [-0.15, -0.1) is 0 Å². The Hall–Kier alpha value is -2.85. The van der Waals surface area contributed by atoms with Crippen LogP contribution in [0.2, 0.25) is 0 Å². The zero-order valence-corrected chi connectivity index (χ0v) is 25.1. The van der Waals surface area contributed by atoms with E-state index in [2.05, 4.69) is 22.3 Å². The minimum atomic E-state index is -2.40.